The van der Waals surface area contributed by atoms with E-state index in [0.29, 0.717) is 6.61 Å². The third kappa shape index (κ3) is 5.06. The molecule has 12 heavy (non-hydrogen) atoms. The minimum atomic E-state index is -1.29. The summed E-state index contributed by atoms with van der Waals surface area (Å²) in [5.41, 5.74) is 1.69. The molecular weight excluding hydrogens is 162 g/mol. The van der Waals surface area contributed by atoms with Gasteiger partial charge in [-0.25, -0.2) is 10.3 Å². The second-order valence-electron chi connectivity index (χ2n) is 2.40. The lowest BCUT2D eigenvalue weighted by Crippen LogP contribution is -2.33. The van der Waals surface area contributed by atoms with Gasteiger partial charge in [-0.2, -0.15) is 0 Å². The topological polar surface area (TPSA) is 78.8 Å². The summed E-state index contributed by atoms with van der Waals surface area (Å²) in [5.74, 6) is -0.704. The van der Waals surface area contributed by atoms with Gasteiger partial charge in [-0.05, 0) is 6.42 Å². The summed E-state index contributed by atoms with van der Waals surface area (Å²) < 4.78 is 4.66. The van der Waals surface area contributed by atoms with Crippen molar-refractivity contribution in [1.82, 2.24) is 5.48 Å². The van der Waals surface area contributed by atoms with E-state index in [9.17, 15) is 4.79 Å². The first-order valence-corrected chi connectivity index (χ1v) is 3.94. The van der Waals surface area contributed by atoms with Crippen LogP contribution in [0.5, 0.6) is 0 Å². The van der Waals surface area contributed by atoms with Gasteiger partial charge in [0, 0.05) is 0 Å². The SMILES string of the molecule is CCCCOC(=O)C(O)CNO. The van der Waals surface area contributed by atoms with Gasteiger partial charge in [-0.1, -0.05) is 13.3 Å². The van der Waals surface area contributed by atoms with E-state index in [-0.39, 0.29) is 6.54 Å². The molecule has 0 aromatic heterocycles. The summed E-state index contributed by atoms with van der Waals surface area (Å²) in [6, 6.07) is 0. The number of carbonyl (C=O) groups is 1. The zero-order valence-electron chi connectivity index (χ0n) is 7.12. The number of hydroxylamine groups is 1. The van der Waals surface area contributed by atoms with E-state index in [2.05, 4.69) is 4.74 Å². The Balaban J connectivity index is 3.43. The van der Waals surface area contributed by atoms with Crippen molar-refractivity contribution >= 4 is 5.97 Å². The molecule has 1 atom stereocenters. The molecule has 72 valence electrons. The lowest BCUT2D eigenvalue weighted by molar-refractivity contribution is -0.154. The van der Waals surface area contributed by atoms with Crippen molar-refractivity contribution in [3.63, 3.8) is 0 Å². The van der Waals surface area contributed by atoms with Crippen LogP contribution in [0.2, 0.25) is 0 Å². The molecule has 0 aliphatic rings. The largest absolute Gasteiger partial charge is 0.464 e. The molecule has 5 nitrogen and oxygen atoms in total. The number of ether oxygens (including phenoxy) is 1. The predicted octanol–water partition coefficient (Wildman–Crippen LogP) is -0.331. The Morgan fingerprint density at radius 2 is 2.33 bits per heavy atom. The number of unbranched alkanes of at least 4 members (excludes halogenated alkanes) is 1. The molecule has 0 aromatic rings. The fourth-order valence-electron chi connectivity index (χ4n) is 0.583. The van der Waals surface area contributed by atoms with Gasteiger partial charge >= 0.3 is 5.97 Å². The van der Waals surface area contributed by atoms with Crippen molar-refractivity contribution in [2.75, 3.05) is 13.2 Å². The van der Waals surface area contributed by atoms with Gasteiger partial charge in [0.15, 0.2) is 6.10 Å². The van der Waals surface area contributed by atoms with Crippen LogP contribution in [0.4, 0.5) is 0 Å². The molecular formula is C7H15NO4. The minimum Gasteiger partial charge on any atom is -0.464 e. The first-order chi connectivity index (χ1) is 5.72. The normalized spacial score (nSPS) is 12.6. The molecule has 0 heterocycles. The maximum atomic E-state index is 10.8. The summed E-state index contributed by atoms with van der Waals surface area (Å²) in [6.07, 6.45) is 0.430. The number of rotatable bonds is 6. The molecule has 3 N–H and O–H groups in total. The van der Waals surface area contributed by atoms with Crippen molar-refractivity contribution in [3.05, 3.63) is 0 Å². The quantitative estimate of drug-likeness (QED) is 0.294. The lowest BCUT2D eigenvalue weighted by atomic mass is 10.3. The molecule has 1 unspecified atom stereocenters. The van der Waals surface area contributed by atoms with Crippen molar-refractivity contribution < 1.29 is 19.8 Å². The molecule has 0 bridgehead atoms. The second kappa shape index (κ2) is 7.02. The summed E-state index contributed by atoms with van der Waals surface area (Å²) in [7, 11) is 0. The second-order valence-corrected chi connectivity index (χ2v) is 2.40. The van der Waals surface area contributed by atoms with E-state index in [0.717, 1.165) is 12.8 Å². The van der Waals surface area contributed by atoms with Crippen LogP contribution in [-0.2, 0) is 9.53 Å². The van der Waals surface area contributed by atoms with Crippen molar-refractivity contribution in [2.24, 2.45) is 0 Å². The van der Waals surface area contributed by atoms with Crippen molar-refractivity contribution in [1.29, 1.82) is 0 Å². The number of aliphatic hydroxyl groups excluding tert-OH is 1. The monoisotopic (exact) mass is 177 g/mol. The van der Waals surface area contributed by atoms with Crippen LogP contribution in [0.15, 0.2) is 0 Å². The highest BCUT2D eigenvalue weighted by molar-refractivity contribution is 5.74. The van der Waals surface area contributed by atoms with Gasteiger partial charge in [0.1, 0.15) is 0 Å². The van der Waals surface area contributed by atoms with E-state index in [1.165, 1.54) is 0 Å². The van der Waals surface area contributed by atoms with Crippen LogP contribution >= 0.6 is 0 Å². The molecule has 0 saturated heterocycles. The Morgan fingerprint density at radius 1 is 1.67 bits per heavy atom. The summed E-state index contributed by atoms with van der Waals surface area (Å²) >= 11 is 0. The molecule has 0 rings (SSSR count). The molecule has 0 aromatic carbocycles. The fraction of sp³-hybridized carbons (Fsp3) is 0.857. The van der Waals surface area contributed by atoms with Crippen molar-refractivity contribution in [2.45, 2.75) is 25.9 Å². The molecule has 0 amide bonds. The average molecular weight is 177 g/mol. The van der Waals surface area contributed by atoms with E-state index >= 15 is 0 Å². The van der Waals surface area contributed by atoms with E-state index in [1.54, 1.807) is 5.48 Å². The van der Waals surface area contributed by atoms with Gasteiger partial charge in [-0.15, -0.1) is 0 Å². The highest BCUT2D eigenvalue weighted by Crippen LogP contribution is 1.91. The van der Waals surface area contributed by atoms with E-state index in [4.69, 9.17) is 10.3 Å². The Morgan fingerprint density at radius 3 is 2.83 bits per heavy atom. The number of hydrogen-bond acceptors (Lipinski definition) is 5. The van der Waals surface area contributed by atoms with Crippen LogP contribution in [0.25, 0.3) is 0 Å². The number of hydrogen-bond donors (Lipinski definition) is 3. The first kappa shape index (κ1) is 11.4. The smallest absolute Gasteiger partial charge is 0.336 e. The first-order valence-electron chi connectivity index (χ1n) is 3.94. The Labute approximate surface area is 71.3 Å². The van der Waals surface area contributed by atoms with Crippen LogP contribution in [0, 0.1) is 0 Å². The average Bonchev–Trinajstić information content (AvgIpc) is 2.05. The summed E-state index contributed by atoms with van der Waals surface area (Å²) in [4.78, 5) is 10.8. The molecule has 5 heteroatoms. The van der Waals surface area contributed by atoms with Crippen LogP contribution < -0.4 is 5.48 Å². The van der Waals surface area contributed by atoms with Gasteiger partial charge in [0.2, 0.25) is 0 Å². The molecule has 0 radical (unpaired) electrons. The highest BCUT2D eigenvalue weighted by atomic mass is 16.5. The van der Waals surface area contributed by atoms with E-state index < -0.39 is 12.1 Å². The van der Waals surface area contributed by atoms with Crippen LogP contribution in [0.1, 0.15) is 19.8 Å². The maximum absolute atomic E-state index is 10.8. The third-order valence-electron chi connectivity index (χ3n) is 1.30. The summed E-state index contributed by atoms with van der Waals surface area (Å²) in [6.45, 7) is 2.09. The number of esters is 1. The molecule has 0 spiro atoms. The molecule has 0 fully saturated rings. The standard InChI is InChI=1S/C7H15NO4/c1-2-3-4-12-7(10)6(9)5-8-11/h6,8-9,11H,2-5H2,1H3. The number of aliphatic hydroxyl groups is 1. The van der Waals surface area contributed by atoms with Crippen LogP contribution in [0.3, 0.4) is 0 Å². The third-order valence-corrected chi connectivity index (χ3v) is 1.30. The summed E-state index contributed by atoms with van der Waals surface area (Å²) in [5, 5.41) is 17.1. The minimum absolute atomic E-state index is 0.203. The zero-order chi connectivity index (χ0) is 9.40. The van der Waals surface area contributed by atoms with E-state index in [1.807, 2.05) is 6.92 Å². The van der Waals surface area contributed by atoms with Crippen molar-refractivity contribution in [3.8, 4) is 0 Å². The van der Waals surface area contributed by atoms with Gasteiger partial charge < -0.3 is 15.1 Å². The van der Waals surface area contributed by atoms with Gasteiger partial charge in [0.05, 0.1) is 13.2 Å². The highest BCUT2D eigenvalue weighted by Gasteiger charge is 2.14. The zero-order valence-corrected chi connectivity index (χ0v) is 7.12. The van der Waals surface area contributed by atoms with Gasteiger partial charge in [0.25, 0.3) is 0 Å². The lowest BCUT2D eigenvalue weighted by Gasteiger charge is -2.08. The molecule has 0 aliphatic heterocycles. The van der Waals surface area contributed by atoms with Crippen LogP contribution in [-0.4, -0.2) is 35.5 Å². The number of carbonyl (C=O) groups excluding carboxylic acids is 1. The molecule has 0 saturated carbocycles. The maximum Gasteiger partial charge on any atom is 0.336 e. The Kier molecular flexibility index (Phi) is 6.64. The number of nitrogens with one attached hydrogen (secondary N) is 1. The molecule has 0 aliphatic carbocycles. The van der Waals surface area contributed by atoms with Gasteiger partial charge in [-0.3, -0.25) is 0 Å². The Bertz CT molecular complexity index is 129. The fourth-order valence-corrected chi connectivity index (χ4v) is 0.583. The Hall–Kier alpha value is -0.650. The predicted molar refractivity (Wildman–Crippen MR) is 41.7 cm³/mol.